The number of hydrogen-bond donors (Lipinski definition) is 1. The second-order valence-electron chi connectivity index (χ2n) is 4.86. The molecule has 0 radical (unpaired) electrons. The minimum atomic E-state index is -6.47. The summed E-state index contributed by atoms with van der Waals surface area (Å²) in [6.07, 6.45) is -9.54. The van der Waals surface area contributed by atoms with E-state index in [2.05, 4.69) is 27.3 Å². The molecule has 0 aliphatic rings. The molecule has 2 unspecified atom stereocenters. The average Bonchev–Trinajstić information content (AvgIpc) is 2.49. The number of ether oxygens (including phenoxy) is 1. The Balaban J connectivity index is 3.12. The monoisotopic (exact) mass is 502 g/mol. The predicted molar refractivity (Wildman–Crippen MR) is 85.2 cm³/mol. The van der Waals surface area contributed by atoms with Gasteiger partial charge in [-0.05, 0) is 24.1 Å². The Labute approximate surface area is 153 Å². The highest BCUT2D eigenvalue weighted by atomic mass is 127. The van der Waals surface area contributed by atoms with Gasteiger partial charge >= 0.3 is 27.5 Å². The van der Waals surface area contributed by atoms with Crippen LogP contribution >= 0.6 is 22.6 Å². The summed E-state index contributed by atoms with van der Waals surface area (Å²) in [4.78, 5) is 11.7. The molecular weight excluding hydrogens is 490 g/mol. The molecule has 1 rings (SSSR count). The molecule has 0 saturated carbocycles. The van der Waals surface area contributed by atoms with E-state index in [0.29, 0.717) is 0 Å². The van der Waals surface area contributed by atoms with Gasteiger partial charge in [0.2, 0.25) is 0 Å². The third-order valence-corrected chi connectivity index (χ3v) is 5.54. The highest BCUT2D eigenvalue weighted by molar-refractivity contribution is 14.1. The van der Waals surface area contributed by atoms with Crippen molar-refractivity contribution >= 4 is 38.7 Å². The third kappa shape index (κ3) is 5.23. The van der Waals surface area contributed by atoms with Crippen LogP contribution in [0.15, 0.2) is 24.3 Å². The minimum Gasteiger partial charge on any atom is -0.441 e. The first-order valence-corrected chi connectivity index (χ1v) is 9.27. The van der Waals surface area contributed by atoms with Crippen LogP contribution < -0.4 is 0 Å². The van der Waals surface area contributed by atoms with Crippen LogP contribution in [0.3, 0.4) is 0 Å². The van der Waals surface area contributed by atoms with Crippen molar-refractivity contribution in [1.82, 2.24) is 0 Å². The number of hydrogen-bond acceptors (Lipinski definition) is 4. The van der Waals surface area contributed by atoms with E-state index in [9.17, 15) is 35.2 Å². The first-order chi connectivity index (χ1) is 11.2. The van der Waals surface area contributed by atoms with Crippen molar-refractivity contribution in [3.8, 4) is 0 Å². The van der Waals surface area contributed by atoms with Gasteiger partial charge in [0.25, 0.3) is 6.10 Å². The van der Waals surface area contributed by atoms with Crippen LogP contribution in [0, 0.1) is 0 Å². The summed E-state index contributed by atoms with van der Waals surface area (Å²) in [5, 5.41) is -5.75. The molecule has 0 aliphatic carbocycles. The van der Waals surface area contributed by atoms with Gasteiger partial charge in [0.05, 0.1) is 5.56 Å². The van der Waals surface area contributed by atoms with Crippen molar-refractivity contribution in [3.05, 3.63) is 35.4 Å². The van der Waals surface area contributed by atoms with E-state index in [1.807, 2.05) is 6.92 Å². The van der Waals surface area contributed by atoms with Gasteiger partial charge in [0, 0.05) is 3.92 Å². The molecule has 0 heterocycles. The van der Waals surface area contributed by atoms with E-state index < -0.39 is 39.2 Å². The number of alkyl halides is 6. The Morgan fingerprint density at radius 2 is 1.68 bits per heavy atom. The maximum Gasteiger partial charge on any atom is 0.432 e. The Kier molecular flexibility index (Phi) is 6.78. The van der Waals surface area contributed by atoms with Crippen LogP contribution in [0.25, 0.3) is 0 Å². The molecule has 0 aliphatic heterocycles. The number of benzene rings is 1. The second kappa shape index (κ2) is 7.70. The maximum absolute atomic E-state index is 13.3. The van der Waals surface area contributed by atoms with E-state index in [1.165, 1.54) is 12.1 Å². The Hall–Kier alpha value is -1.02. The van der Waals surface area contributed by atoms with E-state index in [0.717, 1.165) is 24.1 Å². The Morgan fingerprint density at radius 3 is 2.04 bits per heavy atom. The summed E-state index contributed by atoms with van der Waals surface area (Å²) < 4.78 is 97.9. The van der Waals surface area contributed by atoms with Crippen molar-refractivity contribution in [2.75, 3.05) is 0 Å². The molecular formula is C13H12F5IO5S. The summed E-state index contributed by atoms with van der Waals surface area (Å²) in [6, 6.07) is 4.94. The molecule has 1 aromatic rings. The fourth-order valence-electron chi connectivity index (χ4n) is 1.70. The lowest BCUT2D eigenvalue weighted by Gasteiger charge is -2.26. The zero-order chi connectivity index (χ0) is 19.6. The SMILES string of the molecule is CCC(I)c1ccc(C(=O)OC(C(F)(F)F)C(F)(F)S(=O)(=O)O)cc1. The summed E-state index contributed by atoms with van der Waals surface area (Å²) >= 11 is 2.09. The highest BCUT2D eigenvalue weighted by Crippen LogP contribution is 2.38. The Bertz CT molecular complexity index is 717. The van der Waals surface area contributed by atoms with E-state index >= 15 is 0 Å². The van der Waals surface area contributed by atoms with E-state index in [1.54, 1.807) is 0 Å². The van der Waals surface area contributed by atoms with Gasteiger partial charge in [-0.3, -0.25) is 4.55 Å². The first-order valence-electron chi connectivity index (χ1n) is 6.58. The van der Waals surface area contributed by atoms with Crippen molar-refractivity contribution in [2.45, 2.75) is 34.8 Å². The van der Waals surface area contributed by atoms with Crippen LogP contribution in [-0.2, 0) is 14.9 Å². The number of esters is 1. The van der Waals surface area contributed by atoms with Gasteiger partial charge < -0.3 is 4.74 Å². The van der Waals surface area contributed by atoms with Gasteiger partial charge in [-0.2, -0.15) is 30.4 Å². The van der Waals surface area contributed by atoms with E-state index in [-0.39, 0.29) is 3.92 Å². The molecule has 12 heteroatoms. The fourth-order valence-corrected chi connectivity index (χ4v) is 2.57. The van der Waals surface area contributed by atoms with Crippen molar-refractivity contribution < 1.29 is 44.5 Å². The molecule has 2 atom stereocenters. The van der Waals surface area contributed by atoms with Crippen LogP contribution in [-0.4, -0.2) is 36.5 Å². The summed E-state index contributed by atoms with van der Waals surface area (Å²) in [6.45, 7) is 1.88. The standard InChI is InChI=1S/C13H12F5IO5S/c1-2-9(19)7-3-5-8(6-4-7)10(20)24-11(12(14,15)16)13(17,18)25(21,22)23/h3-6,9,11H,2H2,1H3,(H,21,22,23). The lowest BCUT2D eigenvalue weighted by Crippen LogP contribution is -2.52. The van der Waals surface area contributed by atoms with Gasteiger partial charge in [-0.25, -0.2) is 4.79 Å². The van der Waals surface area contributed by atoms with Gasteiger partial charge in [-0.15, -0.1) is 0 Å². The average molecular weight is 502 g/mol. The molecule has 0 amide bonds. The molecule has 0 fully saturated rings. The maximum atomic E-state index is 13.3. The van der Waals surface area contributed by atoms with Crippen LogP contribution in [0.5, 0.6) is 0 Å². The topological polar surface area (TPSA) is 80.7 Å². The largest absolute Gasteiger partial charge is 0.441 e. The molecule has 0 bridgehead atoms. The van der Waals surface area contributed by atoms with Crippen molar-refractivity contribution in [3.63, 3.8) is 0 Å². The lowest BCUT2D eigenvalue weighted by molar-refractivity contribution is -0.248. The second-order valence-corrected chi connectivity index (χ2v) is 7.86. The fraction of sp³-hybridized carbons (Fsp3) is 0.462. The molecule has 1 N–H and O–H groups in total. The van der Waals surface area contributed by atoms with Gasteiger partial charge in [0.15, 0.2) is 0 Å². The van der Waals surface area contributed by atoms with Crippen LogP contribution in [0.1, 0.15) is 33.2 Å². The molecule has 142 valence electrons. The van der Waals surface area contributed by atoms with Gasteiger partial charge in [-0.1, -0.05) is 41.6 Å². The molecule has 0 saturated heterocycles. The molecule has 1 aromatic carbocycles. The van der Waals surface area contributed by atoms with E-state index in [4.69, 9.17) is 4.55 Å². The quantitative estimate of drug-likeness (QED) is 0.208. The normalized spacial score (nSPS) is 15.5. The first kappa shape index (κ1) is 22.0. The summed E-state index contributed by atoms with van der Waals surface area (Å²) in [5.41, 5.74) is 0.263. The minimum absolute atomic E-state index is 0.0643. The molecule has 0 aromatic heterocycles. The molecule has 0 spiro atoms. The van der Waals surface area contributed by atoms with Crippen LogP contribution in [0.2, 0.25) is 0 Å². The Morgan fingerprint density at radius 1 is 1.20 bits per heavy atom. The smallest absolute Gasteiger partial charge is 0.432 e. The number of carbonyl (C=O) groups is 1. The number of rotatable bonds is 6. The number of halogens is 6. The lowest BCUT2D eigenvalue weighted by atomic mass is 10.1. The van der Waals surface area contributed by atoms with Gasteiger partial charge in [0.1, 0.15) is 0 Å². The zero-order valence-electron chi connectivity index (χ0n) is 12.4. The zero-order valence-corrected chi connectivity index (χ0v) is 15.4. The van der Waals surface area contributed by atoms with Crippen molar-refractivity contribution in [1.29, 1.82) is 0 Å². The summed E-state index contributed by atoms with van der Waals surface area (Å²) in [7, 11) is -6.47. The predicted octanol–water partition coefficient (Wildman–Crippen LogP) is 4.14. The molecule has 25 heavy (non-hydrogen) atoms. The van der Waals surface area contributed by atoms with Crippen LogP contribution in [0.4, 0.5) is 22.0 Å². The number of carbonyl (C=O) groups excluding carboxylic acids is 1. The molecule has 5 nitrogen and oxygen atoms in total. The summed E-state index contributed by atoms with van der Waals surface area (Å²) in [5.74, 6) is -1.81. The highest BCUT2D eigenvalue weighted by Gasteiger charge is 2.66. The van der Waals surface area contributed by atoms with Crippen molar-refractivity contribution in [2.24, 2.45) is 0 Å². The third-order valence-electron chi connectivity index (χ3n) is 3.04.